The van der Waals surface area contributed by atoms with E-state index in [1.807, 2.05) is 26.8 Å². The van der Waals surface area contributed by atoms with Gasteiger partial charge < -0.3 is 9.73 Å². The molecular weight excluding hydrogens is 272 g/mol. The lowest BCUT2D eigenvalue weighted by atomic mass is 9.95. The highest BCUT2D eigenvalue weighted by Gasteiger charge is 2.23. The van der Waals surface area contributed by atoms with Crippen molar-refractivity contribution in [2.45, 2.75) is 46.2 Å². The van der Waals surface area contributed by atoms with Gasteiger partial charge in [-0.05, 0) is 38.5 Å². The quantitative estimate of drug-likeness (QED) is 0.877. The van der Waals surface area contributed by atoms with Crippen LogP contribution in [0.3, 0.4) is 0 Å². The van der Waals surface area contributed by atoms with E-state index in [1.165, 1.54) is 0 Å². The van der Waals surface area contributed by atoms with Crippen LogP contribution in [0, 0.1) is 18.6 Å². The lowest BCUT2D eigenvalue weighted by molar-refractivity contribution is 0.473. The summed E-state index contributed by atoms with van der Waals surface area (Å²) in [5.74, 6) is -0.253. The number of rotatable bonds is 5. The number of aryl methyl sites for hydroxylation is 2. The molecule has 1 aromatic heterocycles. The van der Waals surface area contributed by atoms with E-state index in [0.29, 0.717) is 11.1 Å². The van der Waals surface area contributed by atoms with Crippen LogP contribution in [-0.2, 0) is 6.42 Å². The van der Waals surface area contributed by atoms with Crippen molar-refractivity contribution in [1.82, 2.24) is 5.32 Å². The van der Waals surface area contributed by atoms with Crippen molar-refractivity contribution in [3.05, 3.63) is 58.5 Å². The van der Waals surface area contributed by atoms with Crippen molar-refractivity contribution < 1.29 is 13.2 Å². The molecule has 0 bridgehead atoms. The highest BCUT2D eigenvalue weighted by atomic mass is 19.1. The molecule has 0 fully saturated rings. The summed E-state index contributed by atoms with van der Waals surface area (Å²) in [4.78, 5) is 0. The molecule has 1 atom stereocenters. The third-order valence-corrected chi connectivity index (χ3v) is 3.50. The van der Waals surface area contributed by atoms with Gasteiger partial charge in [0.1, 0.15) is 17.4 Å². The van der Waals surface area contributed by atoms with E-state index in [0.717, 1.165) is 23.8 Å². The summed E-state index contributed by atoms with van der Waals surface area (Å²) < 4.78 is 33.2. The van der Waals surface area contributed by atoms with Crippen LogP contribution in [0.5, 0.6) is 0 Å². The van der Waals surface area contributed by atoms with Crippen molar-refractivity contribution in [2.24, 2.45) is 0 Å². The molecule has 0 aliphatic heterocycles. The summed E-state index contributed by atoms with van der Waals surface area (Å²) in [5.41, 5.74) is 1.78. The van der Waals surface area contributed by atoms with Gasteiger partial charge in [0.2, 0.25) is 0 Å². The Morgan fingerprint density at radius 1 is 1.14 bits per heavy atom. The first-order valence-electron chi connectivity index (χ1n) is 7.21. The normalized spacial score (nSPS) is 12.9. The zero-order chi connectivity index (χ0) is 15.6. The third kappa shape index (κ3) is 3.32. The lowest BCUT2D eigenvalue weighted by Gasteiger charge is -2.23. The Morgan fingerprint density at radius 2 is 1.86 bits per heavy atom. The average molecular weight is 293 g/mol. The van der Waals surface area contributed by atoms with Gasteiger partial charge in [0.25, 0.3) is 0 Å². The highest BCUT2D eigenvalue weighted by Crippen LogP contribution is 2.30. The summed E-state index contributed by atoms with van der Waals surface area (Å²) in [6, 6.07) is 4.16. The second kappa shape index (κ2) is 6.39. The van der Waals surface area contributed by atoms with Crippen LogP contribution in [-0.4, -0.2) is 6.04 Å². The first kappa shape index (κ1) is 15.7. The van der Waals surface area contributed by atoms with Crippen molar-refractivity contribution in [1.29, 1.82) is 0 Å². The number of hydrogen-bond acceptors (Lipinski definition) is 2. The van der Waals surface area contributed by atoms with E-state index in [4.69, 9.17) is 4.42 Å². The van der Waals surface area contributed by atoms with Crippen LogP contribution in [0.25, 0.3) is 0 Å². The highest BCUT2D eigenvalue weighted by molar-refractivity contribution is 5.37. The van der Waals surface area contributed by atoms with E-state index in [1.54, 1.807) is 19.3 Å². The maximum Gasteiger partial charge on any atom is 0.131 e. The van der Waals surface area contributed by atoms with Crippen molar-refractivity contribution in [3.63, 3.8) is 0 Å². The molecule has 0 saturated carbocycles. The lowest BCUT2D eigenvalue weighted by Crippen LogP contribution is -2.30. The van der Waals surface area contributed by atoms with Crippen LogP contribution >= 0.6 is 0 Å². The first-order chi connectivity index (χ1) is 9.93. The Bertz CT molecular complexity index is 619. The van der Waals surface area contributed by atoms with Crippen LogP contribution in [0.1, 0.15) is 49.3 Å². The second-order valence-electron chi connectivity index (χ2n) is 5.53. The number of benzene rings is 1. The summed E-state index contributed by atoms with van der Waals surface area (Å²) in [6.07, 6.45) is 2.33. The summed E-state index contributed by atoms with van der Waals surface area (Å²) in [7, 11) is 0. The van der Waals surface area contributed by atoms with E-state index in [9.17, 15) is 8.78 Å². The molecular formula is C17H21F2NO. The molecule has 0 spiro atoms. The molecule has 2 aromatic rings. The largest absolute Gasteiger partial charge is 0.469 e. The molecule has 2 rings (SSSR count). The van der Waals surface area contributed by atoms with Gasteiger partial charge in [0.05, 0.1) is 12.3 Å². The maximum atomic E-state index is 14.2. The Labute approximate surface area is 124 Å². The SMILES string of the molecule is CCc1occc1C(NC(C)C)c1cc(C)c(F)cc1F. The van der Waals surface area contributed by atoms with Crippen molar-refractivity contribution in [2.75, 3.05) is 0 Å². The molecule has 0 amide bonds. The van der Waals surface area contributed by atoms with Crippen LogP contribution in [0.4, 0.5) is 8.78 Å². The topological polar surface area (TPSA) is 25.2 Å². The molecule has 0 aliphatic carbocycles. The van der Waals surface area contributed by atoms with Gasteiger partial charge in [-0.15, -0.1) is 0 Å². The Balaban J connectivity index is 2.53. The molecule has 1 aromatic carbocycles. The van der Waals surface area contributed by atoms with E-state index in [-0.39, 0.29) is 12.1 Å². The fourth-order valence-corrected chi connectivity index (χ4v) is 2.48. The zero-order valence-electron chi connectivity index (χ0n) is 12.8. The predicted octanol–water partition coefficient (Wildman–Crippen LogP) is 4.52. The van der Waals surface area contributed by atoms with Gasteiger partial charge in [0, 0.05) is 29.7 Å². The Hall–Kier alpha value is -1.68. The molecule has 0 saturated heterocycles. The Kier molecular flexibility index (Phi) is 4.78. The molecule has 0 aliphatic rings. The van der Waals surface area contributed by atoms with Crippen LogP contribution < -0.4 is 5.32 Å². The molecule has 114 valence electrons. The molecule has 1 unspecified atom stereocenters. The molecule has 2 nitrogen and oxygen atoms in total. The Morgan fingerprint density at radius 3 is 2.48 bits per heavy atom. The smallest absolute Gasteiger partial charge is 0.131 e. The van der Waals surface area contributed by atoms with Gasteiger partial charge in [0.15, 0.2) is 0 Å². The van der Waals surface area contributed by atoms with E-state index >= 15 is 0 Å². The fraction of sp³-hybridized carbons (Fsp3) is 0.412. The predicted molar refractivity (Wildman–Crippen MR) is 79.3 cm³/mol. The minimum atomic E-state index is -0.542. The molecule has 1 heterocycles. The number of furan rings is 1. The standard InChI is InChI=1S/C17H21F2NO/c1-5-16-12(6-7-21-16)17(20-10(2)3)13-8-11(4)14(18)9-15(13)19/h6-10,17,20H,5H2,1-4H3. The van der Waals surface area contributed by atoms with Crippen molar-refractivity contribution in [3.8, 4) is 0 Å². The van der Waals surface area contributed by atoms with Gasteiger partial charge in [-0.25, -0.2) is 8.78 Å². The molecule has 4 heteroatoms. The molecule has 1 N–H and O–H groups in total. The average Bonchev–Trinajstić information content (AvgIpc) is 2.88. The minimum absolute atomic E-state index is 0.152. The summed E-state index contributed by atoms with van der Waals surface area (Å²) in [6.45, 7) is 7.61. The zero-order valence-corrected chi connectivity index (χ0v) is 12.8. The maximum absolute atomic E-state index is 14.2. The van der Waals surface area contributed by atoms with Gasteiger partial charge in [-0.1, -0.05) is 6.92 Å². The molecule has 0 radical (unpaired) electrons. The second-order valence-corrected chi connectivity index (χ2v) is 5.53. The minimum Gasteiger partial charge on any atom is -0.469 e. The summed E-state index contributed by atoms with van der Waals surface area (Å²) in [5, 5.41) is 3.34. The molecule has 21 heavy (non-hydrogen) atoms. The van der Waals surface area contributed by atoms with E-state index < -0.39 is 11.6 Å². The first-order valence-corrected chi connectivity index (χ1v) is 7.21. The fourth-order valence-electron chi connectivity index (χ4n) is 2.48. The van der Waals surface area contributed by atoms with Gasteiger partial charge >= 0.3 is 0 Å². The third-order valence-electron chi connectivity index (χ3n) is 3.50. The van der Waals surface area contributed by atoms with E-state index in [2.05, 4.69) is 5.32 Å². The van der Waals surface area contributed by atoms with Crippen LogP contribution in [0.15, 0.2) is 28.9 Å². The van der Waals surface area contributed by atoms with Crippen LogP contribution in [0.2, 0.25) is 0 Å². The number of halogens is 2. The number of nitrogens with one attached hydrogen (secondary N) is 1. The van der Waals surface area contributed by atoms with Crippen molar-refractivity contribution >= 4 is 0 Å². The summed E-state index contributed by atoms with van der Waals surface area (Å²) >= 11 is 0. The van der Waals surface area contributed by atoms with Gasteiger partial charge in [-0.2, -0.15) is 0 Å². The monoisotopic (exact) mass is 293 g/mol. The van der Waals surface area contributed by atoms with Gasteiger partial charge in [-0.3, -0.25) is 0 Å². The number of hydrogen-bond donors (Lipinski definition) is 1.